The van der Waals surface area contributed by atoms with Crippen LogP contribution < -0.4 is 4.74 Å². The molecular weight excluding hydrogens is 486 g/mol. The molecule has 2 bridgehead atoms. The van der Waals surface area contributed by atoms with Gasteiger partial charge in [0.05, 0.1) is 34.9 Å². The Hall–Kier alpha value is -2.89. The zero-order chi connectivity index (χ0) is 23.3. The predicted octanol–water partition coefficient (Wildman–Crippen LogP) is 3.98. The summed E-state index contributed by atoms with van der Waals surface area (Å²) in [6.45, 7) is -2.34. The van der Waals surface area contributed by atoms with Crippen molar-refractivity contribution in [2.45, 2.75) is 25.2 Å². The summed E-state index contributed by atoms with van der Waals surface area (Å²) in [6, 6.07) is 3.99. The molecule has 0 spiro atoms. The first kappa shape index (κ1) is 21.9. The highest BCUT2D eigenvalue weighted by Gasteiger charge is 2.44. The Morgan fingerprint density at radius 1 is 1.18 bits per heavy atom. The van der Waals surface area contributed by atoms with E-state index in [0.29, 0.717) is 17.3 Å². The van der Waals surface area contributed by atoms with Gasteiger partial charge in [0, 0.05) is 18.8 Å². The third-order valence-corrected chi connectivity index (χ3v) is 6.33. The van der Waals surface area contributed by atoms with Crippen LogP contribution in [0.25, 0.3) is 11.5 Å². The highest BCUT2D eigenvalue weighted by Crippen LogP contribution is 2.38. The number of aromatic nitrogens is 4. The fraction of sp³-hybridized carbons (Fsp3) is 0.300. The van der Waals surface area contributed by atoms with E-state index < -0.39 is 30.4 Å². The minimum Gasteiger partial charge on any atom is -0.435 e. The number of halogens is 5. The van der Waals surface area contributed by atoms with Crippen LogP contribution in [0.15, 0.2) is 30.5 Å². The summed E-state index contributed by atoms with van der Waals surface area (Å²) < 4.78 is 50.8. The lowest BCUT2D eigenvalue weighted by molar-refractivity contribution is -0.0569. The molecule has 172 valence electrons. The average molecular weight is 500 g/mol. The van der Waals surface area contributed by atoms with Crippen LogP contribution in [0.2, 0.25) is 10.0 Å². The SMILES string of the molecule is O=C(c1ccc(F)c(Cl)c1Cl)N1[C@H]2COC[C@@H]1c1nnc(-c3cc(OC(F)F)ccn3)n1C2. The van der Waals surface area contributed by atoms with Crippen LogP contribution in [-0.2, 0) is 11.3 Å². The molecule has 1 aromatic carbocycles. The molecule has 2 aliphatic rings. The Labute approximate surface area is 194 Å². The average Bonchev–Trinajstić information content (AvgIpc) is 3.20. The number of morpholine rings is 1. The van der Waals surface area contributed by atoms with Crippen LogP contribution >= 0.6 is 23.2 Å². The number of rotatable bonds is 4. The largest absolute Gasteiger partial charge is 0.435 e. The molecule has 1 fully saturated rings. The van der Waals surface area contributed by atoms with E-state index in [2.05, 4.69) is 19.9 Å². The summed E-state index contributed by atoms with van der Waals surface area (Å²) in [5, 5.41) is 7.89. The molecule has 3 aromatic rings. The fourth-order valence-corrected chi connectivity index (χ4v) is 4.46. The smallest absolute Gasteiger partial charge is 0.387 e. The molecule has 1 saturated heterocycles. The third-order valence-electron chi connectivity index (χ3n) is 5.47. The van der Waals surface area contributed by atoms with Crippen LogP contribution in [0.1, 0.15) is 22.2 Å². The lowest BCUT2D eigenvalue weighted by Gasteiger charge is -2.45. The lowest BCUT2D eigenvalue weighted by atomic mass is 10.0. The van der Waals surface area contributed by atoms with E-state index in [0.717, 1.165) is 6.07 Å². The molecule has 33 heavy (non-hydrogen) atoms. The molecule has 1 amide bonds. The number of benzene rings is 1. The van der Waals surface area contributed by atoms with Crippen molar-refractivity contribution in [2.24, 2.45) is 0 Å². The Morgan fingerprint density at radius 2 is 2.00 bits per heavy atom. The van der Waals surface area contributed by atoms with Crippen LogP contribution in [0.4, 0.5) is 13.2 Å². The van der Waals surface area contributed by atoms with Crippen molar-refractivity contribution in [3.05, 3.63) is 57.7 Å². The quantitative estimate of drug-likeness (QED) is 0.505. The van der Waals surface area contributed by atoms with E-state index in [1.165, 1.54) is 24.4 Å². The van der Waals surface area contributed by atoms with Crippen LogP contribution in [-0.4, -0.2) is 56.4 Å². The van der Waals surface area contributed by atoms with E-state index in [1.54, 1.807) is 9.47 Å². The molecule has 5 rings (SSSR count). The first-order chi connectivity index (χ1) is 15.8. The van der Waals surface area contributed by atoms with E-state index >= 15 is 0 Å². The number of fused-ring (bicyclic) bond motifs is 4. The second-order valence-corrected chi connectivity index (χ2v) is 8.15. The summed E-state index contributed by atoms with van der Waals surface area (Å²) >= 11 is 12.0. The van der Waals surface area contributed by atoms with Gasteiger partial charge in [0.2, 0.25) is 0 Å². The standard InChI is InChI=1S/C20H14Cl2F3N5O3/c21-15-11(1-2-12(23)16(15)22)19(31)30-9-6-29-17(27-28-18(29)14(30)8-32-7-9)13-5-10(3-4-26-13)33-20(24)25/h1-5,9,14,20H,6-8H2/t9-,14-/m1/s1. The van der Waals surface area contributed by atoms with E-state index in [-0.39, 0.29) is 41.1 Å². The molecule has 0 aliphatic carbocycles. The van der Waals surface area contributed by atoms with Gasteiger partial charge in [0.15, 0.2) is 11.6 Å². The van der Waals surface area contributed by atoms with E-state index in [1.807, 2.05) is 0 Å². The molecule has 0 radical (unpaired) electrons. The molecular formula is C20H14Cl2F3N5O3. The zero-order valence-electron chi connectivity index (χ0n) is 16.6. The molecule has 13 heteroatoms. The number of hydrogen-bond acceptors (Lipinski definition) is 6. The second kappa shape index (κ2) is 8.47. The van der Waals surface area contributed by atoms with Gasteiger partial charge in [-0.1, -0.05) is 23.2 Å². The van der Waals surface area contributed by atoms with Crippen molar-refractivity contribution in [1.82, 2.24) is 24.6 Å². The molecule has 0 unspecified atom stereocenters. The maximum atomic E-state index is 13.7. The van der Waals surface area contributed by atoms with Gasteiger partial charge in [0.1, 0.15) is 23.3 Å². The number of ether oxygens (including phenoxy) is 2. The monoisotopic (exact) mass is 499 g/mol. The van der Waals surface area contributed by atoms with Gasteiger partial charge in [-0.3, -0.25) is 9.78 Å². The molecule has 2 aromatic heterocycles. The maximum absolute atomic E-state index is 13.7. The van der Waals surface area contributed by atoms with Crippen LogP contribution in [0.5, 0.6) is 5.75 Å². The van der Waals surface area contributed by atoms with Crippen LogP contribution in [0.3, 0.4) is 0 Å². The first-order valence-corrected chi connectivity index (χ1v) is 10.5. The topological polar surface area (TPSA) is 82.4 Å². The Morgan fingerprint density at radius 3 is 2.79 bits per heavy atom. The summed E-state index contributed by atoms with van der Waals surface area (Å²) in [6.07, 6.45) is 1.33. The number of amides is 1. The van der Waals surface area contributed by atoms with Gasteiger partial charge in [-0.2, -0.15) is 8.78 Å². The van der Waals surface area contributed by atoms with Crippen molar-refractivity contribution in [3.63, 3.8) is 0 Å². The fourth-order valence-electron chi connectivity index (χ4n) is 4.06. The van der Waals surface area contributed by atoms with E-state index in [4.69, 9.17) is 27.9 Å². The molecule has 0 saturated carbocycles. The number of hydrogen-bond donors (Lipinski definition) is 0. The van der Waals surface area contributed by atoms with Gasteiger partial charge < -0.3 is 18.9 Å². The second-order valence-electron chi connectivity index (χ2n) is 7.39. The summed E-state index contributed by atoms with van der Waals surface area (Å²) in [7, 11) is 0. The third kappa shape index (κ3) is 3.79. The van der Waals surface area contributed by atoms with Crippen molar-refractivity contribution in [1.29, 1.82) is 0 Å². The van der Waals surface area contributed by atoms with Crippen molar-refractivity contribution >= 4 is 29.1 Å². The highest BCUT2D eigenvalue weighted by molar-refractivity contribution is 6.44. The maximum Gasteiger partial charge on any atom is 0.387 e. The molecule has 8 nitrogen and oxygen atoms in total. The van der Waals surface area contributed by atoms with Gasteiger partial charge in [0.25, 0.3) is 5.91 Å². The summed E-state index contributed by atoms with van der Waals surface area (Å²) in [5.41, 5.74) is 0.353. The van der Waals surface area contributed by atoms with Crippen molar-refractivity contribution < 1.29 is 27.4 Å². The lowest BCUT2D eigenvalue weighted by Crippen LogP contribution is -2.56. The first-order valence-electron chi connectivity index (χ1n) is 9.73. The highest BCUT2D eigenvalue weighted by atomic mass is 35.5. The van der Waals surface area contributed by atoms with Crippen molar-refractivity contribution in [2.75, 3.05) is 13.2 Å². The van der Waals surface area contributed by atoms with Gasteiger partial charge in [-0.25, -0.2) is 4.39 Å². The number of carbonyl (C=O) groups is 1. The number of nitrogens with zero attached hydrogens (tertiary/aromatic N) is 5. The molecule has 0 N–H and O–H groups in total. The molecule has 4 heterocycles. The number of alkyl halides is 2. The Bertz CT molecular complexity index is 1240. The zero-order valence-corrected chi connectivity index (χ0v) is 18.1. The van der Waals surface area contributed by atoms with E-state index in [9.17, 15) is 18.0 Å². The number of pyridine rings is 1. The molecule has 2 aliphatic heterocycles. The summed E-state index contributed by atoms with van der Waals surface area (Å²) in [4.78, 5) is 19.2. The van der Waals surface area contributed by atoms with Gasteiger partial charge >= 0.3 is 6.61 Å². The summed E-state index contributed by atoms with van der Waals surface area (Å²) in [5.74, 6) is -0.458. The minimum atomic E-state index is -2.98. The van der Waals surface area contributed by atoms with Crippen molar-refractivity contribution in [3.8, 4) is 17.3 Å². The Kier molecular flexibility index (Phi) is 5.63. The van der Waals surface area contributed by atoms with Gasteiger partial charge in [-0.15, -0.1) is 10.2 Å². The molecule has 2 atom stereocenters. The predicted molar refractivity (Wildman–Crippen MR) is 110 cm³/mol. The normalized spacial score (nSPS) is 19.5. The van der Waals surface area contributed by atoms with Crippen LogP contribution in [0, 0.1) is 5.82 Å². The number of carbonyl (C=O) groups excluding carboxylic acids is 1. The Balaban J connectivity index is 1.51. The minimum absolute atomic E-state index is 0.0617. The van der Waals surface area contributed by atoms with Gasteiger partial charge in [-0.05, 0) is 18.2 Å².